The summed E-state index contributed by atoms with van der Waals surface area (Å²) in [5.41, 5.74) is 8.77. The van der Waals surface area contributed by atoms with Crippen LogP contribution in [0.4, 0.5) is 0 Å². The van der Waals surface area contributed by atoms with Crippen molar-refractivity contribution in [2.75, 3.05) is 13.7 Å². The van der Waals surface area contributed by atoms with Crippen molar-refractivity contribution in [1.29, 1.82) is 0 Å². The van der Waals surface area contributed by atoms with E-state index in [1.807, 2.05) is 13.8 Å². The first-order valence-corrected chi connectivity index (χ1v) is 11.9. The smallest absolute Gasteiger partial charge is 0.328 e. The number of azide groups is 1. The van der Waals surface area contributed by atoms with Gasteiger partial charge in [0.15, 0.2) is 8.32 Å². The van der Waals surface area contributed by atoms with Crippen LogP contribution in [0.2, 0.25) is 18.1 Å². The molecule has 26 heavy (non-hydrogen) atoms. The quantitative estimate of drug-likeness (QED) is 0.230. The largest absolute Gasteiger partial charge is 0.467 e. The average molecular weight is 385 g/mol. The van der Waals surface area contributed by atoms with Crippen LogP contribution < -0.4 is 0 Å². The van der Waals surface area contributed by atoms with E-state index in [-0.39, 0.29) is 23.0 Å². The first kappa shape index (κ1) is 22.5. The fourth-order valence-electron chi connectivity index (χ4n) is 2.77. The van der Waals surface area contributed by atoms with Crippen molar-refractivity contribution in [2.24, 2.45) is 11.0 Å². The van der Waals surface area contributed by atoms with Crippen molar-refractivity contribution in [1.82, 2.24) is 4.90 Å². The van der Waals surface area contributed by atoms with Crippen LogP contribution in [-0.4, -0.2) is 56.9 Å². The minimum absolute atomic E-state index is 0.0246. The maximum absolute atomic E-state index is 12.9. The summed E-state index contributed by atoms with van der Waals surface area (Å²) in [5, 5.41) is 3.66. The summed E-state index contributed by atoms with van der Waals surface area (Å²) in [6.45, 7) is 14.6. The number of esters is 1. The van der Waals surface area contributed by atoms with Crippen LogP contribution in [0.25, 0.3) is 10.4 Å². The lowest BCUT2D eigenvalue weighted by Crippen LogP contribution is -2.47. The van der Waals surface area contributed by atoms with E-state index in [0.29, 0.717) is 13.0 Å². The van der Waals surface area contributed by atoms with Crippen LogP contribution >= 0.6 is 0 Å². The third kappa shape index (κ3) is 4.99. The molecule has 0 aromatic heterocycles. The number of nitrogens with zero attached hydrogens (tertiary/aromatic N) is 4. The predicted molar refractivity (Wildman–Crippen MR) is 102 cm³/mol. The van der Waals surface area contributed by atoms with Crippen molar-refractivity contribution in [3.05, 3.63) is 10.4 Å². The number of carbonyl (C=O) groups excluding carboxylic acids is 2. The molecule has 1 amide bonds. The summed E-state index contributed by atoms with van der Waals surface area (Å²) in [5.74, 6) is -0.991. The molecule has 0 aromatic carbocycles. The molecule has 0 saturated carbocycles. The maximum Gasteiger partial charge on any atom is 0.328 e. The van der Waals surface area contributed by atoms with E-state index in [1.54, 1.807) is 0 Å². The molecular formula is C17H32N4O4Si. The molecule has 0 spiro atoms. The number of ether oxygens (including phenoxy) is 1. The number of likely N-dealkylation sites (tertiary alicyclic amines) is 1. The Labute approximate surface area is 157 Å². The second kappa shape index (κ2) is 8.41. The fraction of sp³-hybridized carbons (Fsp3) is 0.882. The average Bonchev–Trinajstić information content (AvgIpc) is 2.92. The van der Waals surface area contributed by atoms with E-state index in [9.17, 15) is 9.59 Å². The Morgan fingerprint density at radius 2 is 1.88 bits per heavy atom. The molecule has 9 heteroatoms. The van der Waals surface area contributed by atoms with Gasteiger partial charge in [-0.15, -0.1) is 0 Å². The molecular weight excluding hydrogens is 352 g/mol. The first-order valence-electron chi connectivity index (χ1n) is 8.96. The molecule has 0 unspecified atom stereocenters. The molecule has 1 aliphatic heterocycles. The summed E-state index contributed by atoms with van der Waals surface area (Å²) < 4.78 is 11.3. The van der Waals surface area contributed by atoms with E-state index in [2.05, 4.69) is 43.9 Å². The number of carbonyl (C=O) groups is 2. The zero-order valence-electron chi connectivity index (χ0n) is 17.1. The standard InChI is InChI=1S/C17H32N4O4Si/c1-11(2)14(19-20-18)15(22)21-10-12(9-13(21)16(23)24-6)25-26(7,8)17(3,4)5/h11-14H,9-10H2,1-8H3/t12-,13+,14+/m1/s1. The van der Waals surface area contributed by atoms with Gasteiger partial charge in [-0.1, -0.05) is 39.7 Å². The molecule has 0 aliphatic carbocycles. The topological polar surface area (TPSA) is 105 Å². The normalized spacial score (nSPS) is 22.1. The van der Waals surface area contributed by atoms with Crippen molar-refractivity contribution in [2.45, 2.75) is 77.4 Å². The first-order chi connectivity index (χ1) is 11.9. The van der Waals surface area contributed by atoms with Gasteiger partial charge in [-0.2, -0.15) is 0 Å². The van der Waals surface area contributed by atoms with Gasteiger partial charge in [0.1, 0.15) is 12.1 Å². The number of rotatable bonds is 6. The molecule has 0 bridgehead atoms. The predicted octanol–water partition coefficient (Wildman–Crippen LogP) is 3.49. The maximum atomic E-state index is 12.9. The Morgan fingerprint density at radius 1 is 1.31 bits per heavy atom. The van der Waals surface area contributed by atoms with Gasteiger partial charge in [0, 0.05) is 17.9 Å². The van der Waals surface area contributed by atoms with Crippen LogP contribution in [-0.2, 0) is 18.8 Å². The molecule has 8 nitrogen and oxygen atoms in total. The molecule has 3 atom stereocenters. The second-order valence-electron chi connectivity index (χ2n) is 8.66. The Balaban J connectivity index is 3.08. The fourth-order valence-corrected chi connectivity index (χ4v) is 4.13. The monoisotopic (exact) mass is 384 g/mol. The van der Waals surface area contributed by atoms with Crippen molar-refractivity contribution in [3.8, 4) is 0 Å². The Hall–Kier alpha value is -1.57. The van der Waals surface area contributed by atoms with E-state index < -0.39 is 26.4 Å². The summed E-state index contributed by atoms with van der Waals surface area (Å²) >= 11 is 0. The lowest BCUT2D eigenvalue weighted by Gasteiger charge is -2.38. The SMILES string of the molecule is COC(=O)[C@@H]1C[C@@H](O[Si](C)(C)C(C)(C)C)CN1C(=O)[C@@H](N=[N+]=[N-])C(C)C. The van der Waals surface area contributed by atoms with Gasteiger partial charge >= 0.3 is 5.97 Å². The third-order valence-electron chi connectivity index (χ3n) is 5.35. The lowest BCUT2D eigenvalue weighted by molar-refractivity contribution is -0.151. The molecule has 1 saturated heterocycles. The van der Waals surface area contributed by atoms with Crippen molar-refractivity contribution >= 4 is 20.2 Å². The van der Waals surface area contributed by atoms with Gasteiger partial charge in [-0.25, -0.2) is 4.79 Å². The van der Waals surface area contributed by atoms with Crippen molar-refractivity contribution in [3.63, 3.8) is 0 Å². The van der Waals surface area contributed by atoms with Gasteiger partial charge in [-0.3, -0.25) is 4.79 Å². The van der Waals surface area contributed by atoms with E-state index in [4.69, 9.17) is 14.7 Å². The highest BCUT2D eigenvalue weighted by Gasteiger charge is 2.47. The van der Waals surface area contributed by atoms with Crippen LogP contribution in [0.3, 0.4) is 0 Å². The van der Waals surface area contributed by atoms with Crippen LogP contribution in [0.15, 0.2) is 5.11 Å². The van der Waals surface area contributed by atoms with E-state index in [0.717, 1.165) is 0 Å². The van der Waals surface area contributed by atoms with Gasteiger partial charge in [0.25, 0.3) is 0 Å². The molecule has 0 aromatic rings. The molecule has 1 heterocycles. The molecule has 1 aliphatic rings. The summed E-state index contributed by atoms with van der Waals surface area (Å²) in [6.07, 6.45) is 0.161. The van der Waals surface area contributed by atoms with Gasteiger partial charge in [0.2, 0.25) is 5.91 Å². The lowest BCUT2D eigenvalue weighted by atomic mass is 10.0. The summed E-state index contributed by atoms with van der Waals surface area (Å²) in [6, 6.07) is -1.56. The summed E-state index contributed by atoms with van der Waals surface area (Å²) in [4.78, 5) is 29.4. The molecule has 0 N–H and O–H groups in total. The van der Waals surface area contributed by atoms with Gasteiger partial charge in [0.05, 0.1) is 13.2 Å². The molecule has 0 radical (unpaired) electrons. The second-order valence-corrected chi connectivity index (χ2v) is 13.4. The van der Waals surface area contributed by atoms with Crippen LogP contribution in [0, 0.1) is 5.92 Å². The summed E-state index contributed by atoms with van der Waals surface area (Å²) in [7, 11) is -0.739. The van der Waals surface area contributed by atoms with Crippen molar-refractivity contribution < 1.29 is 18.8 Å². The zero-order chi connectivity index (χ0) is 20.3. The van der Waals surface area contributed by atoms with Crippen LogP contribution in [0.5, 0.6) is 0 Å². The molecule has 148 valence electrons. The molecule has 1 fully saturated rings. The Kier molecular flexibility index (Phi) is 7.27. The highest BCUT2D eigenvalue weighted by atomic mass is 28.4. The Morgan fingerprint density at radius 3 is 2.31 bits per heavy atom. The van der Waals surface area contributed by atoms with E-state index >= 15 is 0 Å². The van der Waals surface area contributed by atoms with Gasteiger partial charge in [-0.05, 0) is 29.6 Å². The zero-order valence-corrected chi connectivity index (χ0v) is 18.1. The number of hydrogen-bond acceptors (Lipinski definition) is 5. The Bertz CT molecular complexity index is 582. The van der Waals surface area contributed by atoms with Gasteiger partial charge < -0.3 is 14.1 Å². The highest BCUT2D eigenvalue weighted by Crippen LogP contribution is 2.39. The molecule has 1 rings (SSSR count). The third-order valence-corrected chi connectivity index (χ3v) is 9.88. The number of amides is 1. The minimum atomic E-state index is -2.05. The number of hydrogen-bond donors (Lipinski definition) is 0. The number of methoxy groups -OCH3 is 1. The highest BCUT2D eigenvalue weighted by molar-refractivity contribution is 6.74. The van der Waals surface area contributed by atoms with Crippen LogP contribution in [0.1, 0.15) is 41.0 Å². The van der Waals surface area contributed by atoms with E-state index in [1.165, 1.54) is 12.0 Å². The minimum Gasteiger partial charge on any atom is -0.467 e.